The zero-order valence-electron chi connectivity index (χ0n) is 14.3. The van der Waals surface area contributed by atoms with E-state index in [-0.39, 0.29) is 17.4 Å². The van der Waals surface area contributed by atoms with Crippen molar-refractivity contribution in [3.63, 3.8) is 0 Å². The molecule has 0 bridgehead atoms. The third kappa shape index (κ3) is 3.31. The summed E-state index contributed by atoms with van der Waals surface area (Å²) in [5.41, 5.74) is 1.31. The molecule has 1 fully saturated rings. The van der Waals surface area contributed by atoms with E-state index in [1.807, 2.05) is 47.4 Å². The lowest BCUT2D eigenvalue weighted by molar-refractivity contribution is -0.120. The highest BCUT2D eigenvalue weighted by atomic mass is 16.2. The molecule has 1 saturated heterocycles. The van der Waals surface area contributed by atoms with Crippen LogP contribution >= 0.6 is 0 Å². The molecule has 2 aromatic heterocycles. The molecule has 0 radical (unpaired) electrons. The van der Waals surface area contributed by atoms with Crippen LogP contribution in [-0.2, 0) is 4.79 Å². The summed E-state index contributed by atoms with van der Waals surface area (Å²) in [6.07, 6.45) is 3.44. The van der Waals surface area contributed by atoms with Gasteiger partial charge in [0, 0.05) is 31.0 Å². The van der Waals surface area contributed by atoms with Crippen molar-refractivity contribution in [1.29, 1.82) is 0 Å². The summed E-state index contributed by atoms with van der Waals surface area (Å²) in [7, 11) is 0. The number of carbonyl (C=O) groups excluding carboxylic acids is 1. The second-order valence-electron chi connectivity index (χ2n) is 6.52. The predicted molar refractivity (Wildman–Crippen MR) is 101 cm³/mol. The zero-order valence-corrected chi connectivity index (χ0v) is 14.3. The van der Waals surface area contributed by atoms with Crippen LogP contribution in [0.5, 0.6) is 0 Å². The molecule has 4 rings (SSSR count). The molecule has 3 heterocycles. The van der Waals surface area contributed by atoms with Crippen LogP contribution in [0, 0.1) is 5.92 Å². The number of hydrogen-bond donors (Lipinski definition) is 1. The molecular weight excluding hydrogens is 328 g/mol. The number of piperidine rings is 1. The summed E-state index contributed by atoms with van der Waals surface area (Å²) < 4.78 is 1.52. The van der Waals surface area contributed by atoms with E-state index in [4.69, 9.17) is 0 Å². The van der Waals surface area contributed by atoms with Crippen molar-refractivity contribution in [2.24, 2.45) is 5.92 Å². The van der Waals surface area contributed by atoms with E-state index in [1.165, 1.54) is 4.40 Å². The van der Waals surface area contributed by atoms with Crippen LogP contribution in [0.4, 0.5) is 11.5 Å². The van der Waals surface area contributed by atoms with E-state index in [0.29, 0.717) is 18.0 Å². The standard InChI is InChI=1S/C20H20N4O2/c25-19-13-18(22-17-10-4-5-12-24(17)19)23-11-6-7-15(14-23)20(26)21-16-8-2-1-3-9-16/h1-5,8-10,12-13,15H,6-7,11,14H2,(H,21,26). The van der Waals surface area contributed by atoms with Crippen molar-refractivity contribution >= 4 is 23.1 Å². The highest BCUT2D eigenvalue weighted by molar-refractivity contribution is 5.93. The van der Waals surface area contributed by atoms with E-state index < -0.39 is 0 Å². The number of amides is 1. The maximum atomic E-state index is 12.6. The van der Waals surface area contributed by atoms with Crippen molar-refractivity contribution < 1.29 is 4.79 Å². The van der Waals surface area contributed by atoms with Crippen LogP contribution in [0.2, 0.25) is 0 Å². The Bertz CT molecular complexity index is 984. The van der Waals surface area contributed by atoms with Gasteiger partial charge < -0.3 is 10.2 Å². The van der Waals surface area contributed by atoms with Crippen LogP contribution in [0.25, 0.3) is 5.65 Å². The number of hydrogen-bond acceptors (Lipinski definition) is 4. The minimum atomic E-state index is -0.125. The van der Waals surface area contributed by atoms with E-state index in [0.717, 1.165) is 25.1 Å². The minimum absolute atomic E-state index is 0.0124. The van der Waals surface area contributed by atoms with Crippen LogP contribution in [0.1, 0.15) is 12.8 Å². The highest BCUT2D eigenvalue weighted by Gasteiger charge is 2.27. The average molecular weight is 348 g/mol. The topological polar surface area (TPSA) is 66.7 Å². The molecule has 0 saturated carbocycles. The van der Waals surface area contributed by atoms with Gasteiger partial charge in [0.15, 0.2) is 0 Å². The van der Waals surface area contributed by atoms with Gasteiger partial charge in [0.2, 0.25) is 5.91 Å². The lowest BCUT2D eigenvalue weighted by Crippen LogP contribution is -2.41. The van der Waals surface area contributed by atoms with Crippen molar-refractivity contribution in [3.05, 3.63) is 71.1 Å². The normalized spacial score (nSPS) is 17.2. The number of aromatic nitrogens is 2. The number of nitrogens with zero attached hydrogens (tertiary/aromatic N) is 3. The monoisotopic (exact) mass is 348 g/mol. The third-order valence-corrected chi connectivity index (χ3v) is 4.71. The van der Waals surface area contributed by atoms with Gasteiger partial charge >= 0.3 is 0 Å². The van der Waals surface area contributed by atoms with Crippen LogP contribution in [0.3, 0.4) is 0 Å². The SMILES string of the molecule is O=C(Nc1ccccc1)C1CCCN(c2cc(=O)n3ccccc3n2)C1. The fourth-order valence-corrected chi connectivity index (χ4v) is 3.37. The molecule has 1 aromatic carbocycles. The first-order valence-corrected chi connectivity index (χ1v) is 8.80. The molecule has 132 valence electrons. The third-order valence-electron chi connectivity index (χ3n) is 4.71. The Labute approximate surface area is 151 Å². The van der Waals surface area contributed by atoms with Gasteiger partial charge in [0.05, 0.1) is 5.92 Å². The van der Waals surface area contributed by atoms with Crippen molar-refractivity contribution in [2.45, 2.75) is 12.8 Å². The lowest BCUT2D eigenvalue weighted by Gasteiger charge is -2.32. The Balaban J connectivity index is 1.53. The number of anilines is 2. The van der Waals surface area contributed by atoms with Crippen molar-refractivity contribution in [3.8, 4) is 0 Å². The summed E-state index contributed by atoms with van der Waals surface area (Å²) in [6, 6.07) is 16.5. The Morgan fingerprint density at radius 1 is 1.12 bits per heavy atom. The maximum Gasteiger partial charge on any atom is 0.259 e. The lowest BCUT2D eigenvalue weighted by atomic mass is 9.97. The van der Waals surface area contributed by atoms with E-state index in [1.54, 1.807) is 18.3 Å². The van der Waals surface area contributed by atoms with Gasteiger partial charge in [-0.2, -0.15) is 0 Å². The summed E-state index contributed by atoms with van der Waals surface area (Å²) >= 11 is 0. The molecule has 1 aliphatic heterocycles. The molecule has 1 atom stereocenters. The number of benzene rings is 1. The quantitative estimate of drug-likeness (QED) is 0.790. The van der Waals surface area contributed by atoms with Gasteiger partial charge in [-0.3, -0.25) is 14.0 Å². The predicted octanol–water partition coefficient (Wildman–Crippen LogP) is 2.55. The Hall–Kier alpha value is -3.15. The molecular formula is C20H20N4O2. The van der Waals surface area contributed by atoms with Gasteiger partial charge in [-0.1, -0.05) is 24.3 Å². The molecule has 6 nitrogen and oxygen atoms in total. The Morgan fingerprint density at radius 2 is 1.92 bits per heavy atom. The largest absolute Gasteiger partial charge is 0.356 e. The second kappa shape index (κ2) is 7.00. The molecule has 1 N–H and O–H groups in total. The van der Waals surface area contributed by atoms with Gasteiger partial charge in [-0.25, -0.2) is 4.98 Å². The molecule has 1 aliphatic rings. The molecule has 6 heteroatoms. The van der Waals surface area contributed by atoms with Gasteiger partial charge in [0.25, 0.3) is 5.56 Å². The molecule has 26 heavy (non-hydrogen) atoms. The number of carbonyl (C=O) groups is 1. The summed E-state index contributed by atoms with van der Waals surface area (Å²) in [5, 5.41) is 2.97. The molecule has 1 amide bonds. The number of fused-ring (bicyclic) bond motifs is 1. The Morgan fingerprint density at radius 3 is 2.77 bits per heavy atom. The van der Waals surface area contributed by atoms with E-state index in [9.17, 15) is 9.59 Å². The number of para-hydroxylation sites is 1. The van der Waals surface area contributed by atoms with Crippen LogP contribution < -0.4 is 15.8 Å². The summed E-state index contributed by atoms with van der Waals surface area (Å²) in [5.74, 6) is 0.525. The summed E-state index contributed by atoms with van der Waals surface area (Å²) in [6.45, 7) is 1.36. The number of nitrogens with one attached hydrogen (secondary N) is 1. The van der Waals surface area contributed by atoms with Crippen molar-refractivity contribution in [2.75, 3.05) is 23.3 Å². The first kappa shape index (κ1) is 16.3. The zero-order chi connectivity index (χ0) is 17.9. The second-order valence-corrected chi connectivity index (χ2v) is 6.52. The van der Waals surface area contributed by atoms with Crippen LogP contribution in [0.15, 0.2) is 65.6 Å². The smallest absolute Gasteiger partial charge is 0.259 e. The fraction of sp³-hybridized carbons (Fsp3) is 0.250. The van der Waals surface area contributed by atoms with Gasteiger partial charge in [-0.15, -0.1) is 0 Å². The number of pyridine rings is 1. The highest BCUT2D eigenvalue weighted by Crippen LogP contribution is 2.22. The Kier molecular flexibility index (Phi) is 4.39. The molecule has 3 aromatic rings. The van der Waals surface area contributed by atoms with E-state index >= 15 is 0 Å². The van der Waals surface area contributed by atoms with Gasteiger partial charge in [-0.05, 0) is 37.1 Å². The molecule has 1 unspecified atom stereocenters. The average Bonchev–Trinajstić information content (AvgIpc) is 2.69. The first-order valence-electron chi connectivity index (χ1n) is 8.80. The van der Waals surface area contributed by atoms with Gasteiger partial charge in [0.1, 0.15) is 11.5 Å². The molecule has 0 aliphatic carbocycles. The van der Waals surface area contributed by atoms with Crippen LogP contribution in [-0.4, -0.2) is 28.4 Å². The summed E-state index contributed by atoms with van der Waals surface area (Å²) in [4.78, 5) is 31.5. The van der Waals surface area contributed by atoms with Crippen molar-refractivity contribution in [1.82, 2.24) is 9.38 Å². The fourth-order valence-electron chi connectivity index (χ4n) is 3.37. The molecule has 0 spiro atoms. The number of rotatable bonds is 3. The first-order chi connectivity index (χ1) is 12.7. The van der Waals surface area contributed by atoms with E-state index in [2.05, 4.69) is 10.3 Å². The maximum absolute atomic E-state index is 12.6. The minimum Gasteiger partial charge on any atom is -0.356 e.